The van der Waals surface area contributed by atoms with Gasteiger partial charge in [0.05, 0.1) is 13.2 Å². The van der Waals surface area contributed by atoms with Gasteiger partial charge in [-0.3, -0.25) is 0 Å². The first kappa shape index (κ1) is 15.9. The van der Waals surface area contributed by atoms with E-state index in [2.05, 4.69) is 34.1 Å². The summed E-state index contributed by atoms with van der Waals surface area (Å²) in [7, 11) is 0. The Labute approximate surface area is 118 Å². The second kappa shape index (κ2) is 8.87. The topological polar surface area (TPSA) is 69.2 Å². The third kappa shape index (κ3) is 7.12. The van der Waals surface area contributed by atoms with E-state index in [0.717, 1.165) is 13.0 Å². The van der Waals surface area contributed by atoms with Crippen LogP contribution in [-0.4, -0.2) is 41.3 Å². The Morgan fingerprint density at radius 3 is 2.68 bits per heavy atom. The van der Waals surface area contributed by atoms with E-state index in [1.165, 1.54) is 0 Å². The van der Waals surface area contributed by atoms with E-state index in [1.807, 2.05) is 6.92 Å². The second-order valence-electron chi connectivity index (χ2n) is 4.45. The Morgan fingerprint density at radius 1 is 1.21 bits per heavy atom. The molecule has 0 bridgehead atoms. The molecular weight excluding hydrogens is 268 g/mol. The molecule has 0 aromatic carbocycles. The summed E-state index contributed by atoms with van der Waals surface area (Å²) < 4.78 is 10.8. The number of hydrogen-bond acceptors (Lipinski definition) is 6. The molecule has 1 heterocycles. The Morgan fingerprint density at radius 2 is 2.00 bits per heavy atom. The predicted molar refractivity (Wildman–Crippen MR) is 74.8 cm³/mol. The van der Waals surface area contributed by atoms with Gasteiger partial charge in [-0.05, 0) is 23.9 Å². The van der Waals surface area contributed by atoms with Crippen LogP contribution in [0.15, 0.2) is 0 Å². The minimum atomic E-state index is 0.117. The molecule has 0 amide bonds. The van der Waals surface area contributed by atoms with Crippen molar-refractivity contribution in [3.05, 3.63) is 5.28 Å². The third-order valence-corrected chi connectivity index (χ3v) is 2.17. The molecule has 1 N–H and O–H groups in total. The van der Waals surface area contributed by atoms with Gasteiger partial charge in [-0.15, -0.1) is 0 Å². The minimum absolute atomic E-state index is 0.117. The van der Waals surface area contributed by atoms with E-state index in [1.54, 1.807) is 0 Å². The Bertz CT molecular complexity index is 377. The zero-order valence-electron chi connectivity index (χ0n) is 11.6. The maximum absolute atomic E-state index is 5.80. The van der Waals surface area contributed by atoms with Crippen molar-refractivity contribution in [3.8, 4) is 6.01 Å². The lowest BCUT2D eigenvalue weighted by molar-refractivity contribution is 0.118. The Hall–Kier alpha value is -1.14. The Balaban J connectivity index is 2.38. The molecule has 0 aliphatic carbocycles. The van der Waals surface area contributed by atoms with Gasteiger partial charge in [-0.2, -0.15) is 15.0 Å². The van der Waals surface area contributed by atoms with Crippen LogP contribution in [-0.2, 0) is 4.74 Å². The van der Waals surface area contributed by atoms with Gasteiger partial charge in [0.15, 0.2) is 0 Å². The molecule has 1 aromatic rings. The maximum atomic E-state index is 5.80. The first-order valence-electron chi connectivity index (χ1n) is 6.47. The van der Waals surface area contributed by atoms with Crippen LogP contribution in [0.2, 0.25) is 5.28 Å². The summed E-state index contributed by atoms with van der Waals surface area (Å²) in [6, 6.07) is 0.243. The molecule has 0 spiro atoms. The number of nitrogens with one attached hydrogen (secondary N) is 1. The lowest BCUT2D eigenvalue weighted by Crippen LogP contribution is -2.14. The van der Waals surface area contributed by atoms with E-state index in [4.69, 9.17) is 21.1 Å². The third-order valence-electron chi connectivity index (χ3n) is 2.00. The maximum Gasteiger partial charge on any atom is 0.322 e. The highest BCUT2D eigenvalue weighted by Gasteiger charge is 2.05. The van der Waals surface area contributed by atoms with Gasteiger partial charge in [0, 0.05) is 13.2 Å². The molecule has 108 valence electrons. The van der Waals surface area contributed by atoms with E-state index in [0.29, 0.717) is 31.6 Å². The van der Waals surface area contributed by atoms with Crippen molar-refractivity contribution in [2.24, 2.45) is 5.92 Å². The molecule has 0 saturated heterocycles. The second-order valence-corrected chi connectivity index (χ2v) is 4.79. The van der Waals surface area contributed by atoms with E-state index >= 15 is 0 Å². The van der Waals surface area contributed by atoms with Crippen LogP contribution < -0.4 is 10.1 Å². The van der Waals surface area contributed by atoms with Crippen LogP contribution in [0.25, 0.3) is 0 Å². The molecule has 6 nitrogen and oxygen atoms in total. The van der Waals surface area contributed by atoms with Gasteiger partial charge in [0.2, 0.25) is 11.2 Å². The fourth-order valence-electron chi connectivity index (χ4n) is 1.22. The summed E-state index contributed by atoms with van der Waals surface area (Å²) in [6.07, 6.45) is 0.884. The van der Waals surface area contributed by atoms with Crippen molar-refractivity contribution in [2.45, 2.75) is 27.2 Å². The predicted octanol–water partition coefficient (Wildman–Crippen LogP) is 2.40. The van der Waals surface area contributed by atoms with Crippen LogP contribution in [0.1, 0.15) is 27.2 Å². The van der Waals surface area contributed by atoms with E-state index in [9.17, 15) is 0 Å². The van der Waals surface area contributed by atoms with Gasteiger partial charge >= 0.3 is 6.01 Å². The lowest BCUT2D eigenvalue weighted by atomic mass is 10.2. The average molecular weight is 289 g/mol. The first-order chi connectivity index (χ1) is 9.11. The number of rotatable bonds is 9. The summed E-state index contributed by atoms with van der Waals surface area (Å²) in [5, 5.41) is 3.14. The molecular formula is C12H21ClN4O2. The zero-order valence-corrected chi connectivity index (χ0v) is 12.4. The minimum Gasteiger partial charge on any atom is -0.463 e. The molecule has 0 aliphatic heterocycles. The molecule has 1 aromatic heterocycles. The van der Waals surface area contributed by atoms with E-state index in [-0.39, 0.29) is 11.3 Å². The van der Waals surface area contributed by atoms with Crippen molar-refractivity contribution in [1.29, 1.82) is 0 Å². The van der Waals surface area contributed by atoms with Crippen molar-refractivity contribution in [3.63, 3.8) is 0 Å². The quantitative estimate of drug-likeness (QED) is 0.704. The average Bonchev–Trinajstić information content (AvgIpc) is 2.35. The summed E-state index contributed by atoms with van der Waals surface area (Å²) in [6.45, 7) is 8.72. The number of aromatic nitrogens is 3. The van der Waals surface area contributed by atoms with E-state index < -0.39 is 0 Å². The van der Waals surface area contributed by atoms with Gasteiger partial charge in [-0.25, -0.2) is 0 Å². The largest absolute Gasteiger partial charge is 0.463 e. The van der Waals surface area contributed by atoms with Crippen molar-refractivity contribution in [2.75, 3.05) is 31.7 Å². The number of halogens is 1. The van der Waals surface area contributed by atoms with Crippen molar-refractivity contribution >= 4 is 17.5 Å². The zero-order chi connectivity index (χ0) is 14.1. The monoisotopic (exact) mass is 288 g/mol. The lowest BCUT2D eigenvalue weighted by Gasteiger charge is -2.09. The summed E-state index contributed by atoms with van der Waals surface area (Å²) >= 11 is 5.80. The van der Waals surface area contributed by atoms with Gasteiger partial charge in [0.1, 0.15) is 0 Å². The van der Waals surface area contributed by atoms with Crippen LogP contribution in [0.4, 0.5) is 5.95 Å². The molecule has 0 radical (unpaired) electrons. The van der Waals surface area contributed by atoms with Gasteiger partial charge in [0.25, 0.3) is 0 Å². The standard InChI is InChI=1S/C12H21ClN4O2/c1-4-6-19-12-16-10(13)15-11(17-12)14-5-7-18-8-9(2)3/h9H,4-8H2,1-3H3,(H,14,15,16,17). The number of ether oxygens (including phenoxy) is 2. The van der Waals surface area contributed by atoms with Crippen LogP contribution in [0, 0.1) is 5.92 Å². The summed E-state index contributed by atoms with van der Waals surface area (Å²) in [5.74, 6) is 0.930. The number of hydrogen-bond donors (Lipinski definition) is 1. The smallest absolute Gasteiger partial charge is 0.322 e. The van der Waals surface area contributed by atoms with Crippen molar-refractivity contribution < 1.29 is 9.47 Å². The highest BCUT2D eigenvalue weighted by Crippen LogP contribution is 2.11. The highest BCUT2D eigenvalue weighted by molar-refractivity contribution is 6.28. The van der Waals surface area contributed by atoms with Crippen LogP contribution in [0.3, 0.4) is 0 Å². The molecule has 1 rings (SSSR count). The highest BCUT2D eigenvalue weighted by atomic mass is 35.5. The number of nitrogens with zero attached hydrogens (tertiary/aromatic N) is 3. The summed E-state index contributed by atoms with van der Waals surface area (Å²) in [5.41, 5.74) is 0. The summed E-state index contributed by atoms with van der Waals surface area (Å²) in [4.78, 5) is 12.0. The molecule has 0 aliphatic rings. The fourth-order valence-corrected chi connectivity index (χ4v) is 1.38. The van der Waals surface area contributed by atoms with Gasteiger partial charge < -0.3 is 14.8 Å². The molecule has 0 fully saturated rings. The van der Waals surface area contributed by atoms with Crippen LogP contribution >= 0.6 is 11.6 Å². The Kier molecular flexibility index (Phi) is 7.43. The molecule has 0 unspecified atom stereocenters. The van der Waals surface area contributed by atoms with Crippen LogP contribution in [0.5, 0.6) is 6.01 Å². The molecule has 0 atom stereocenters. The number of anilines is 1. The SMILES string of the molecule is CCCOc1nc(Cl)nc(NCCOCC(C)C)n1. The first-order valence-corrected chi connectivity index (χ1v) is 6.85. The molecule has 19 heavy (non-hydrogen) atoms. The molecule has 7 heteroatoms. The normalized spacial score (nSPS) is 10.8. The van der Waals surface area contributed by atoms with Gasteiger partial charge in [-0.1, -0.05) is 20.8 Å². The fraction of sp³-hybridized carbons (Fsp3) is 0.750. The van der Waals surface area contributed by atoms with Crippen molar-refractivity contribution in [1.82, 2.24) is 15.0 Å². The molecule has 0 saturated carbocycles.